The summed E-state index contributed by atoms with van der Waals surface area (Å²) in [6, 6.07) is 13.8. The molecule has 0 radical (unpaired) electrons. The van der Waals surface area contributed by atoms with E-state index in [1.165, 1.54) is 4.90 Å². The average molecular weight is 422 g/mol. The molecule has 0 atom stereocenters. The summed E-state index contributed by atoms with van der Waals surface area (Å²) in [4.78, 5) is 52.0. The van der Waals surface area contributed by atoms with Crippen LogP contribution in [0.15, 0.2) is 42.5 Å². The van der Waals surface area contributed by atoms with E-state index in [-0.39, 0.29) is 30.8 Å². The van der Waals surface area contributed by atoms with Gasteiger partial charge in [-0.2, -0.15) is 0 Å². The third kappa shape index (κ3) is 5.20. The van der Waals surface area contributed by atoms with Crippen molar-refractivity contribution in [3.05, 3.63) is 48.0 Å². The summed E-state index contributed by atoms with van der Waals surface area (Å²) in [5, 5.41) is 7.49. The van der Waals surface area contributed by atoms with Crippen molar-refractivity contribution in [3.63, 3.8) is 0 Å². The first kappa shape index (κ1) is 20.8. The van der Waals surface area contributed by atoms with Crippen molar-refractivity contribution in [3.8, 4) is 0 Å². The number of carbonyl (C=O) groups excluding carboxylic acids is 4. The molecule has 1 saturated carbocycles. The molecule has 2 aromatic rings. The zero-order valence-corrected chi connectivity index (χ0v) is 17.3. The van der Waals surface area contributed by atoms with Crippen LogP contribution in [0.25, 0.3) is 10.8 Å². The molecule has 1 aliphatic heterocycles. The average Bonchev–Trinajstić information content (AvgIpc) is 3.61. The first-order chi connectivity index (χ1) is 15.0. The number of piperazine rings is 1. The van der Waals surface area contributed by atoms with Crippen molar-refractivity contribution in [1.29, 1.82) is 0 Å². The minimum atomic E-state index is -0.567. The molecule has 2 N–H and O–H groups in total. The Kier molecular flexibility index (Phi) is 6.16. The molecule has 0 unspecified atom stereocenters. The lowest BCUT2D eigenvalue weighted by Gasteiger charge is -2.34. The molecule has 2 fully saturated rings. The van der Waals surface area contributed by atoms with Gasteiger partial charge in [-0.15, -0.1) is 0 Å². The highest BCUT2D eigenvalue weighted by molar-refractivity contribution is 6.35. The van der Waals surface area contributed by atoms with Gasteiger partial charge < -0.3 is 20.4 Å². The van der Waals surface area contributed by atoms with Gasteiger partial charge in [0.1, 0.15) is 0 Å². The number of fused-ring (bicyclic) bond motifs is 1. The molecular formula is C23H26N4O4. The summed E-state index contributed by atoms with van der Waals surface area (Å²) < 4.78 is 0. The summed E-state index contributed by atoms with van der Waals surface area (Å²) in [6.07, 6.45) is 2.05. The molecule has 2 aromatic carbocycles. The Labute approximate surface area is 180 Å². The maximum absolute atomic E-state index is 12.5. The van der Waals surface area contributed by atoms with Crippen LogP contribution < -0.4 is 10.6 Å². The minimum absolute atomic E-state index is 0.0836. The molecule has 0 spiro atoms. The largest absolute Gasteiger partial charge is 0.347 e. The Bertz CT molecular complexity index is 1000. The van der Waals surface area contributed by atoms with Crippen LogP contribution in [-0.2, 0) is 25.6 Å². The third-order valence-corrected chi connectivity index (χ3v) is 5.69. The molecular weight excluding hydrogens is 396 g/mol. The number of amides is 4. The minimum Gasteiger partial charge on any atom is -0.347 e. The zero-order valence-electron chi connectivity index (χ0n) is 17.3. The molecule has 4 rings (SSSR count). The van der Waals surface area contributed by atoms with Crippen molar-refractivity contribution < 1.29 is 19.2 Å². The number of nitrogens with zero attached hydrogens (tertiary/aromatic N) is 2. The molecule has 31 heavy (non-hydrogen) atoms. The predicted octanol–water partition coefficient (Wildman–Crippen LogP) is 0.448. The molecule has 0 bridgehead atoms. The SMILES string of the molecule is O=C(Cc1cccc2ccccc12)NCC(=O)N1CCN(C(=O)C(=O)NC2CC2)CC1. The quantitative estimate of drug-likeness (QED) is 0.684. The van der Waals surface area contributed by atoms with Crippen LogP contribution in [-0.4, -0.2) is 72.2 Å². The fourth-order valence-corrected chi connectivity index (χ4v) is 3.75. The van der Waals surface area contributed by atoms with Crippen LogP contribution in [0.2, 0.25) is 0 Å². The first-order valence-corrected chi connectivity index (χ1v) is 10.6. The molecule has 4 amide bonds. The lowest BCUT2D eigenvalue weighted by atomic mass is 10.0. The second-order valence-corrected chi connectivity index (χ2v) is 8.01. The normalized spacial score (nSPS) is 16.1. The predicted molar refractivity (Wildman–Crippen MR) is 115 cm³/mol. The maximum Gasteiger partial charge on any atom is 0.312 e. The van der Waals surface area contributed by atoms with Gasteiger partial charge in [-0.1, -0.05) is 42.5 Å². The maximum atomic E-state index is 12.5. The Morgan fingerprint density at radius 2 is 1.55 bits per heavy atom. The van der Waals surface area contributed by atoms with E-state index in [1.807, 2.05) is 42.5 Å². The Morgan fingerprint density at radius 1 is 0.871 bits per heavy atom. The van der Waals surface area contributed by atoms with Crippen molar-refractivity contribution >= 4 is 34.4 Å². The van der Waals surface area contributed by atoms with Crippen LogP contribution in [0.5, 0.6) is 0 Å². The Balaban J connectivity index is 1.22. The lowest BCUT2D eigenvalue weighted by Crippen LogP contribution is -2.55. The van der Waals surface area contributed by atoms with Gasteiger partial charge in [-0.05, 0) is 29.2 Å². The smallest absolute Gasteiger partial charge is 0.312 e. The van der Waals surface area contributed by atoms with E-state index in [0.29, 0.717) is 26.2 Å². The number of carbonyl (C=O) groups is 4. The topological polar surface area (TPSA) is 98.8 Å². The fraction of sp³-hybridized carbons (Fsp3) is 0.391. The van der Waals surface area contributed by atoms with E-state index in [1.54, 1.807) is 4.90 Å². The van der Waals surface area contributed by atoms with E-state index in [4.69, 9.17) is 0 Å². The lowest BCUT2D eigenvalue weighted by molar-refractivity contribution is -0.148. The monoisotopic (exact) mass is 422 g/mol. The van der Waals surface area contributed by atoms with E-state index >= 15 is 0 Å². The van der Waals surface area contributed by atoms with Gasteiger partial charge in [0.2, 0.25) is 11.8 Å². The van der Waals surface area contributed by atoms with Crippen LogP contribution in [0.4, 0.5) is 0 Å². The van der Waals surface area contributed by atoms with Crippen LogP contribution in [0.1, 0.15) is 18.4 Å². The van der Waals surface area contributed by atoms with Gasteiger partial charge in [0, 0.05) is 32.2 Å². The molecule has 1 aliphatic carbocycles. The molecule has 2 aliphatic rings. The van der Waals surface area contributed by atoms with Gasteiger partial charge in [-0.25, -0.2) is 0 Å². The molecule has 8 nitrogen and oxygen atoms in total. The van der Waals surface area contributed by atoms with Crippen molar-refractivity contribution in [2.75, 3.05) is 32.7 Å². The van der Waals surface area contributed by atoms with Crippen LogP contribution in [0.3, 0.4) is 0 Å². The van der Waals surface area contributed by atoms with E-state index in [0.717, 1.165) is 29.2 Å². The van der Waals surface area contributed by atoms with E-state index in [2.05, 4.69) is 10.6 Å². The van der Waals surface area contributed by atoms with Crippen LogP contribution in [0, 0.1) is 0 Å². The van der Waals surface area contributed by atoms with Gasteiger partial charge in [-0.3, -0.25) is 19.2 Å². The summed E-state index contributed by atoms with van der Waals surface area (Å²) >= 11 is 0. The molecule has 1 heterocycles. The van der Waals surface area contributed by atoms with Gasteiger partial charge in [0.25, 0.3) is 0 Å². The van der Waals surface area contributed by atoms with Crippen molar-refractivity contribution in [1.82, 2.24) is 20.4 Å². The standard InChI is InChI=1S/C23H26N4O4/c28-20(14-17-6-3-5-16-4-1-2-7-19(16)17)24-15-21(29)26-10-12-27(13-11-26)23(31)22(30)25-18-8-9-18/h1-7,18H,8-15H2,(H,24,28)(H,25,30). The highest BCUT2D eigenvalue weighted by Crippen LogP contribution is 2.19. The molecule has 0 aromatic heterocycles. The number of benzene rings is 2. The number of nitrogens with one attached hydrogen (secondary N) is 2. The molecule has 1 saturated heterocycles. The number of hydrogen-bond donors (Lipinski definition) is 2. The zero-order chi connectivity index (χ0) is 21.8. The highest BCUT2D eigenvalue weighted by Gasteiger charge is 2.31. The number of hydrogen-bond acceptors (Lipinski definition) is 4. The fourth-order valence-electron chi connectivity index (χ4n) is 3.75. The van der Waals surface area contributed by atoms with Crippen molar-refractivity contribution in [2.45, 2.75) is 25.3 Å². The second kappa shape index (κ2) is 9.16. The summed E-state index contributed by atoms with van der Waals surface area (Å²) in [5.74, 6) is -1.51. The van der Waals surface area contributed by atoms with Crippen LogP contribution >= 0.6 is 0 Å². The van der Waals surface area contributed by atoms with Gasteiger partial charge in [0.15, 0.2) is 0 Å². The third-order valence-electron chi connectivity index (χ3n) is 5.69. The van der Waals surface area contributed by atoms with Gasteiger partial charge >= 0.3 is 11.8 Å². The van der Waals surface area contributed by atoms with E-state index < -0.39 is 11.8 Å². The Hall–Kier alpha value is -3.42. The summed E-state index contributed by atoms with van der Waals surface area (Å²) in [7, 11) is 0. The summed E-state index contributed by atoms with van der Waals surface area (Å²) in [6.45, 7) is 1.24. The number of rotatable bonds is 5. The van der Waals surface area contributed by atoms with E-state index in [9.17, 15) is 19.2 Å². The van der Waals surface area contributed by atoms with Gasteiger partial charge in [0.05, 0.1) is 13.0 Å². The highest BCUT2D eigenvalue weighted by atomic mass is 16.2. The molecule has 162 valence electrons. The second-order valence-electron chi connectivity index (χ2n) is 8.01. The summed E-state index contributed by atoms with van der Waals surface area (Å²) in [5.41, 5.74) is 0.916. The molecule has 8 heteroatoms. The van der Waals surface area contributed by atoms with Crippen molar-refractivity contribution in [2.24, 2.45) is 0 Å². The Morgan fingerprint density at radius 3 is 2.29 bits per heavy atom. The first-order valence-electron chi connectivity index (χ1n) is 10.6.